The third kappa shape index (κ3) is 1.88. The number of hydrogen-bond acceptors (Lipinski definition) is 5. The van der Waals surface area contributed by atoms with E-state index in [9.17, 15) is 4.79 Å². The third-order valence-corrected chi connectivity index (χ3v) is 3.02. The summed E-state index contributed by atoms with van der Waals surface area (Å²) in [4.78, 5) is 15.9. The van der Waals surface area contributed by atoms with Crippen LogP contribution in [-0.2, 0) is 4.79 Å². The highest BCUT2D eigenvalue weighted by Crippen LogP contribution is 2.29. The fraction of sp³-hybridized carbons (Fsp3) is 0.600. The third-order valence-electron chi connectivity index (χ3n) is 3.02. The number of amides is 1. The van der Waals surface area contributed by atoms with E-state index < -0.39 is 5.54 Å². The fourth-order valence-electron chi connectivity index (χ4n) is 1.52. The van der Waals surface area contributed by atoms with E-state index in [4.69, 9.17) is 5.73 Å². The van der Waals surface area contributed by atoms with Gasteiger partial charge in [0.15, 0.2) is 0 Å². The maximum Gasteiger partial charge on any atom is 0.249 e. The molecule has 0 radical (unpaired) electrons. The van der Waals surface area contributed by atoms with Crippen LogP contribution in [0.15, 0.2) is 0 Å². The van der Waals surface area contributed by atoms with Gasteiger partial charge in [0.1, 0.15) is 0 Å². The van der Waals surface area contributed by atoms with E-state index in [1.54, 1.807) is 0 Å². The van der Waals surface area contributed by atoms with Gasteiger partial charge in [-0.1, -0.05) is 0 Å². The first-order valence-electron chi connectivity index (χ1n) is 5.29. The standard InChI is InChI=1S/C10H15N5O/c1-6-7(2)14-15-9(12-6)13-8(16)10(11)4-3-5-10/h3-5,11H2,1-2H3,(H,12,13,15,16). The summed E-state index contributed by atoms with van der Waals surface area (Å²) in [5, 5.41) is 10.3. The lowest BCUT2D eigenvalue weighted by Crippen LogP contribution is -2.56. The average molecular weight is 221 g/mol. The van der Waals surface area contributed by atoms with Crippen LogP contribution >= 0.6 is 0 Å². The molecule has 1 aromatic heterocycles. The predicted molar refractivity (Wildman–Crippen MR) is 58.7 cm³/mol. The van der Waals surface area contributed by atoms with Crippen molar-refractivity contribution in [1.29, 1.82) is 0 Å². The molecule has 1 aromatic rings. The van der Waals surface area contributed by atoms with E-state index in [0.717, 1.165) is 30.7 Å². The van der Waals surface area contributed by atoms with Gasteiger partial charge in [0.2, 0.25) is 11.9 Å². The Morgan fingerprint density at radius 2 is 2.00 bits per heavy atom. The molecule has 1 aliphatic carbocycles. The molecule has 3 N–H and O–H groups in total. The van der Waals surface area contributed by atoms with Crippen LogP contribution in [0, 0.1) is 13.8 Å². The van der Waals surface area contributed by atoms with Gasteiger partial charge in [0.25, 0.3) is 0 Å². The quantitative estimate of drug-likeness (QED) is 0.749. The minimum absolute atomic E-state index is 0.219. The molecule has 0 unspecified atom stereocenters. The smallest absolute Gasteiger partial charge is 0.249 e. The molecule has 0 aromatic carbocycles. The highest BCUT2D eigenvalue weighted by molar-refractivity contribution is 5.97. The lowest BCUT2D eigenvalue weighted by molar-refractivity contribution is -0.123. The highest BCUT2D eigenvalue weighted by Gasteiger charge is 2.40. The number of nitrogens with one attached hydrogen (secondary N) is 1. The van der Waals surface area contributed by atoms with E-state index in [1.165, 1.54) is 0 Å². The van der Waals surface area contributed by atoms with Gasteiger partial charge in [0.05, 0.1) is 16.9 Å². The molecule has 1 saturated carbocycles. The number of aromatic nitrogens is 3. The van der Waals surface area contributed by atoms with E-state index in [2.05, 4.69) is 20.5 Å². The number of carbonyl (C=O) groups excluding carboxylic acids is 1. The van der Waals surface area contributed by atoms with Crippen LogP contribution in [0.1, 0.15) is 30.7 Å². The van der Waals surface area contributed by atoms with E-state index in [1.807, 2.05) is 13.8 Å². The Kier molecular flexibility index (Phi) is 2.59. The largest absolute Gasteiger partial charge is 0.317 e. The Bertz CT molecular complexity index is 427. The Labute approximate surface area is 93.7 Å². The molecule has 1 aliphatic rings. The Hall–Kier alpha value is -1.56. The van der Waals surface area contributed by atoms with E-state index in [0.29, 0.717) is 0 Å². The molecule has 1 heterocycles. The SMILES string of the molecule is Cc1nnc(NC(=O)C2(N)CCC2)nc1C. The minimum Gasteiger partial charge on any atom is -0.317 e. The van der Waals surface area contributed by atoms with Crippen LogP contribution in [0.3, 0.4) is 0 Å². The van der Waals surface area contributed by atoms with Gasteiger partial charge in [-0.25, -0.2) is 4.98 Å². The summed E-state index contributed by atoms with van der Waals surface area (Å²) in [5.74, 6) is 0.00799. The normalized spacial score (nSPS) is 17.7. The Morgan fingerprint density at radius 3 is 2.50 bits per heavy atom. The second kappa shape index (κ2) is 3.79. The lowest BCUT2D eigenvalue weighted by atomic mass is 9.77. The summed E-state index contributed by atoms with van der Waals surface area (Å²) in [5.41, 5.74) is 6.65. The molecule has 2 rings (SSSR count). The van der Waals surface area contributed by atoms with Gasteiger partial charge in [-0.15, -0.1) is 5.10 Å². The molecule has 0 spiro atoms. The van der Waals surface area contributed by atoms with Crippen LogP contribution in [-0.4, -0.2) is 26.6 Å². The van der Waals surface area contributed by atoms with Crippen molar-refractivity contribution in [1.82, 2.24) is 15.2 Å². The number of hydrogen-bond donors (Lipinski definition) is 2. The zero-order valence-corrected chi connectivity index (χ0v) is 9.45. The Morgan fingerprint density at radius 1 is 1.31 bits per heavy atom. The molecule has 1 amide bonds. The first-order valence-corrected chi connectivity index (χ1v) is 5.29. The van der Waals surface area contributed by atoms with Crippen molar-refractivity contribution in [2.75, 3.05) is 5.32 Å². The van der Waals surface area contributed by atoms with Gasteiger partial charge >= 0.3 is 0 Å². The molecular weight excluding hydrogens is 206 g/mol. The topological polar surface area (TPSA) is 93.8 Å². The molecular formula is C10H15N5O. The molecule has 16 heavy (non-hydrogen) atoms. The summed E-state index contributed by atoms with van der Waals surface area (Å²) in [6, 6.07) is 0. The molecule has 86 valence electrons. The number of nitrogens with two attached hydrogens (primary N) is 1. The van der Waals surface area contributed by atoms with Crippen molar-refractivity contribution in [2.24, 2.45) is 5.73 Å². The summed E-state index contributed by atoms with van der Waals surface area (Å²) >= 11 is 0. The lowest BCUT2D eigenvalue weighted by Gasteiger charge is -2.35. The van der Waals surface area contributed by atoms with Crippen LogP contribution in [0.4, 0.5) is 5.95 Å². The average Bonchev–Trinajstić information content (AvgIpc) is 2.20. The molecule has 6 nitrogen and oxygen atoms in total. The number of aryl methyl sites for hydroxylation is 2. The molecule has 0 aliphatic heterocycles. The highest BCUT2D eigenvalue weighted by atomic mass is 16.2. The summed E-state index contributed by atoms with van der Waals surface area (Å²) in [6.45, 7) is 3.64. The number of nitrogens with zero attached hydrogens (tertiary/aromatic N) is 3. The molecule has 6 heteroatoms. The first-order chi connectivity index (χ1) is 7.51. The summed E-state index contributed by atoms with van der Waals surface area (Å²) < 4.78 is 0. The second-order valence-corrected chi connectivity index (χ2v) is 4.27. The van der Waals surface area contributed by atoms with Crippen molar-refractivity contribution in [3.05, 3.63) is 11.4 Å². The van der Waals surface area contributed by atoms with E-state index >= 15 is 0 Å². The molecule has 0 bridgehead atoms. The van der Waals surface area contributed by atoms with Gasteiger partial charge in [-0.3, -0.25) is 10.1 Å². The van der Waals surface area contributed by atoms with Crippen LogP contribution in [0.25, 0.3) is 0 Å². The summed E-state index contributed by atoms with van der Waals surface area (Å²) in [6.07, 6.45) is 2.43. The maximum atomic E-state index is 11.8. The Balaban J connectivity index is 2.09. The van der Waals surface area contributed by atoms with Crippen molar-refractivity contribution in [2.45, 2.75) is 38.6 Å². The zero-order chi connectivity index (χ0) is 11.8. The minimum atomic E-state index is -0.734. The monoisotopic (exact) mass is 221 g/mol. The summed E-state index contributed by atoms with van der Waals surface area (Å²) in [7, 11) is 0. The maximum absolute atomic E-state index is 11.8. The van der Waals surface area contributed by atoms with Crippen LogP contribution in [0.2, 0.25) is 0 Å². The van der Waals surface area contributed by atoms with E-state index in [-0.39, 0.29) is 11.9 Å². The molecule has 0 atom stereocenters. The van der Waals surface area contributed by atoms with Crippen molar-refractivity contribution >= 4 is 11.9 Å². The first kappa shape index (κ1) is 10.9. The van der Waals surface area contributed by atoms with Crippen molar-refractivity contribution < 1.29 is 4.79 Å². The zero-order valence-electron chi connectivity index (χ0n) is 9.45. The second-order valence-electron chi connectivity index (χ2n) is 4.27. The number of rotatable bonds is 2. The predicted octanol–water partition coefficient (Wildman–Crippen LogP) is 0.308. The number of carbonyl (C=O) groups is 1. The van der Waals surface area contributed by atoms with Gasteiger partial charge in [-0.05, 0) is 33.1 Å². The number of anilines is 1. The van der Waals surface area contributed by atoms with Crippen LogP contribution in [0.5, 0.6) is 0 Å². The van der Waals surface area contributed by atoms with Gasteiger partial charge in [-0.2, -0.15) is 5.10 Å². The fourth-order valence-corrected chi connectivity index (χ4v) is 1.52. The molecule has 1 fully saturated rings. The van der Waals surface area contributed by atoms with Crippen molar-refractivity contribution in [3.63, 3.8) is 0 Å². The van der Waals surface area contributed by atoms with Crippen molar-refractivity contribution in [3.8, 4) is 0 Å². The van der Waals surface area contributed by atoms with Gasteiger partial charge in [0, 0.05) is 0 Å². The van der Waals surface area contributed by atoms with Gasteiger partial charge < -0.3 is 5.73 Å². The molecule has 0 saturated heterocycles. The van der Waals surface area contributed by atoms with Crippen LogP contribution < -0.4 is 11.1 Å².